The number of benzene rings is 3. The van der Waals surface area contributed by atoms with Gasteiger partial charge in [0.25, 0.3) is 0 Å². The topological polar surface area (TPSA) is 72.2 Å². The van der Waals surface area contributed by atoms with E-state index in [1.54, 1.807) is 0 Å². The highest BCUT2D eigenvalue weighted by atomic mass is 16.1. The first kappa shape index (κ1) is 31.4. The van der Waals surface area contributed by atoms with Gasteiger partial charge in [-0.15, -0.1) is 0 Å². The van der Waals surface area contributed by atoms with Crippen molar-refractivity contribution in [3.05, 3.63) is 95.6 Å². The predicted octanol–water partition coefficient (Wildman–Crippen LogP) is 7.18. The molecular formula is C36H48N2O2. The maximum Gasteiger partial charge on any atom is 0.136 e. The van der Waals surface area contributed by atoms with E-state index in [-0.39, 0.29) is 29.5 Å². The Morgan fingerprint density at radius 3 is 1.88 bits per heavy atom. The van der Waals surface area contributed by atoms with Gasteiger partial charge in [0, 0.05) is 43.1 Å². The van der Waals surface area contributed by atoms with Crippen molar-refractivity contribution in [2.24, 2.45) is 23.5 Å². The van der Waals surface area contributed by atoms with Crippen LogP contribution in [0.1, 0.15) is 76.0 Å². The Kier molecular flexibility index (Phi) is 12.3. The molecule has 1 unspecified atom stereocenters. The van der Waals surface area contributed by atoms with Crippen LogP contribution in [-0.4, -0.2) is 31.2 Å². The molecule has 0 aliphatic heterocycles. The van der Waals surface area contributed by atoms with Crippen LogP contribution < -0.4 is 11.1 Å². The van der Waals surface area contributed by atoms with E-state index in [2.05, 4.69) is 85.0 Å². The summed E-state index contributed by atoms with van der Waals surface area (Å²) < 4.78 is 0. The molecule has 0 aliphatic carbocycles. The molecule has 0 saturated carbocycles. The monoisotopic (exact) mass is 540 g/mol. The van der Waals surface area contributed by atoms with Crippen molar-refractivity contribution < 1.29 is 9.59 Å². The molecule has 0 amide bonds. The van der Waals surface area contributed by atoms with Crippen molar-refractivity contribution in [1.82, 2.24) is 5.32 Å². The smallest absolute Gasteiger partial charge is 0.136 e. The van der Waals surface area contributed by atoms with Crippen LogP contribution in [0.25, 0.3) is 11.1 Å². The van der Waals surface area contributed by atoms with Crippen molar-refractivity contribution in [3.8, 4) is 11.1 Å². The fraction of sp³-hybridized carbons (Fsp3) is 0.444. The second-order valence-corrected chi connectivity index (χ2v) is 12.0. The van der Waals surface area contributed by atoms with Gasteiger partial charge >= 0.3 is 0 Å². The maximum atomic E-state index is 12.8. The molecule has 0 spiro atoms. The average Bonchev–Trinajstić information content (AvgIpc) is 2.95. The lowest BCUT2D eigenvalue weighted by atomic mass is 9.88. The van der Waals surface area contributed by atoms with Gasteiger partial charge in [0.2, 0.25) is 0 Å². The van der Waals surface area contributed by atoms with Crippen LogP contribution in [0.5, 0.6) is 0 Å². The first-order valence-electron chi connectivity index (χ1n) is 14.9. The molecule has 214 valence electrons. The van der Waals surface area contributed by atoms with Gasteiger partial charge in [-0.3, -0.25) is 9.59 Å². The number of ketones is 2. The van der Waals surface area contributed by atoms with E-state index in [0.29, 0.717) is 31.1 Å². The molecule has 0 bridgehead atoms. The number of hydrogen-bond donors (Lipinski definition) is 2. The van der Waals surface area contributed by atoms with E-state index in [4.69, 9.17) is 5.73 Å². The molecular weight excluding hydrogens is 492 g/mol. The molecule has 0 heterocycles. The third-order valence-electron chi connectivity index (χ3n) is 7.82. The van der Waals surface area contributed by atoms with Gasteiger partial charge in [-0.1, -0.05) is 113 Å². The zero-order valence-electron chi connectivity index (χ0n) is 25.0. The molecule has 0 fully saturated rings. The molecule has 0 aromatic heterocycles. The minimum Gasteiger partial charge on any atom is -0.330 e. The molecule has 0 radical (unpaired) electrons. The Labute approximate surface area is 241 Å². The van der Waals surface area contributed by atoms with Gasteiger partial charge in [-0.05, 0) is 53.2 Å². The van der Waals surface area contributed by atoms with E-state index in [1.807, 2.05) is 33.8 Å². The van der Waals surface area contributed by atoms with Crippen LogP contribution in [0.15, 0.2) is 78.9 Å². The van der Waals surface area contributed by atoms with E-state index in [0.717, 1.165) is 25.1 Å². The Balaban J connectivity index is 1.64. The van der Waals surface area contributed by atoms with E-state index < -0.39 is 0 Å². The summed E-state index contributed by atoms with van der Waals surface area (Å²) in [5.74, 6) is 1.22. The molecule has 4 heteroatoms. The Morgan fingerprint density at radius 2 is 1.25 bits per heavy atom. The van der Waals surface area contributed by atoms with Crippen LogP contribution >= 0.6 is 0 Å². The summed E-state index contributed by atoms with van der Waals surface area (Å²) >= 11 is 0. The van der Waals surface area contributed by atoms with Crippen LogP contribution in [-0.2, 0) is 16.0 Å². The molecule has 4 nitrogen and oxygen atoms in total. The summed E-state index contributed by atoms with van der Waals surface area (Å²) in [5, 5.41) is 3.68. The van der Waals surface area contributed by atoms with Crippen LogP contribution in [0, 0.1) is 17.8 Å². The largest absolute Gasteiger partial charge is 0.330 e. The standard InChI is InChI=1S/C36H48N2O2/c1-25(2)35(39)20-33(22-37)30-14-9-11-28(18-30)17-27(5)23-38-24-34(21-36(40)26(3)4)32-16-10-15-31(19-32)29-12-7-6-8-13-29/h6-16,18-19,25-27,33-34,38H,17,20-24,37H2,1-5H3/t27?,33-,34-/m1/s1. The van der Waals surface area contributed by atoms with Gasteiger partial charge in [0.1, 0.15) is 11.6 Å². The number of hydrogen-bond acceptors (Lipinski definition) is 4. The van der Waals surface area contributed by atoms with Crippen LogP contribution in [0.3, 0.4) is 0 Å². The SMILES string of the molecule is CC(CNC[C@@H](CC(=O)C(C)C)c1cccc(-c2ccccc2)c1)Cc1cccc([C@@H](CN)CC(=O)C(C)C)c1. The summed E-state index contributed by atoms with van der Waals surface area (Å²) in [6.45, 7) is 12.2. The van der Waals surface area contributed by atoms with Crippen LogP contribution in [0.4, 0.5) is 0 Å². The van der Waals surface area contributed by atoms with Crippen molar-refractivity contribution >= 4 is 11.6 Å². The molecule has 0 aliphatic rings. The van der Waals surface area contributed by atoms with E-state index in [9.17, 15) is 9.59 Å². The molecule has 3 aromatic carbocycles. The second-order valence-electron chi connectivity index (χ2n) is 12.0. The molecule has 3 rings (SSSR count). The van der Waals surface area contributed by atoms with E-state index >= 15 is 0 Å². The molecule has 3 atom stereocenters. The van der Waals surface area contributed by atoms with Crippen molar-refractivity contribution in [3.63, 3.8) is 0 Å². The predicted molar refractivity (Wildman–Crippen MR) is 168 cm³/mol. The average molecular weight is 541 g/mol. The van der Waals surface area contributed by atoms with Gasteiger partial charge in [0.05, 0.1) is 0 Å². The quantitative estimate of drug-likeness (QED) is 0.202. The zero-order valence-corrected chi connectivity index (χ0v) is 25.0. The lowest BCUT2D eigenvalue weighted by molar-refractivity contribution is -0.123. The van der Waals surface area contributed by atoms with Gasteiger partial charge < -0.3 is 11.1 Å². The third-order valence-corrected chi connectivity index (χ3v) is 7.82. The maximum absolute atomic E-state index is 12.8. The van der Waals surface area contributed by atoms with Crippen molar-refractivity contribution in [2.75, 3.05) is 19.6 Å². The summed E-state index contributed by atoms with van der Waals surface area (Å²) in [5.41, 5.74) is 12.0. The first-order chi connectivity index (χ1) is 19.2. The fourth-order valence-electron chi connectivity index (χ4n) is 5.16. The van der Waals surface area contributed by atoms with Crippen LogP contribution in [0.2, 0.25) is 0 Å². The summed E-state index contributed by atoms with van der Waals surface area (Å²) in [6.07, 6.45) is 1.97. The summed E-state index contributed by atoms with van der Waals surface area (Å²) in [7, 11) is 0. The highest BCUT2D eigenvalue weighted by Crippen LogP contribution is 2.27. The Bertz CT molecular complexity index is 1220. The summed E-state index contributed by atoms with van der Waals surface area (Å²) in [4.78, 5) is 25.1. The second kappa shape index (κ2) is 15.6. The minimum atomic E-state index is 0.0270. The molecule has 3 N–H and O–H groups in total. The highest BCUT2D eigenvalue weighted by molar-refractivity contribution is 5.81. The molecule has 40 heavy (non-hydrogen) atoms. The van der Waals surface area contributed by atoms with Gasteiger partial charge in [-0.2, -0.15) is 0 Å². The van der Waals surface area contributed by atoms with E-state index in [1.165, 1.54) is 22.3 Å². The number of carbonyl (C=O) groups is 2. The van der Waals surface area contributed by atoms with Gasteiger partial charge in [0.15, 0.2) is 0 Å². The molecule has 0 saturated heterocycles. The highest BCUT2D eigenvalue weighted by Gasteiger charge is 2.20. The minimum absolute atomic E-state index is 0.0270. The number of nitrogens with two attached hydrogens (primary N) is 1. The number of carbonyl (C=O) groups excluding carboxylic acids is 2. The Hall–Kier alpha value is -3.08. The number of nitrogens with one attached hydrogen (secondary N) is 1. The lowest BCUT2D eigenvalue weighted by Crippen LogP contribution is -2.29. The molecule has 3 aromatic rings. The lowest BCUT2D eigenvalue weighted by Gasteiger charge is -2.21. The zero-order chi connectivity index (χ0) is 29.1. The Morgan fingerprint density at radius 1 is 0.675 bits per heavy atom. The summed E-state index contributed by atoms with van der Waals surface area (Å²) in [6, 6.07) is 27.6. The number of rotatable bonds is 16. The van der Waals surface area contributed by atoms with Gasteiger partial charge in [-0.25, -0.2) is 0 Å². The normalized spacial score (nSPS) is 13.8. The fourth-order valence-corrected chi connectivity index (χ4v) is 5.16. The third kappa shape index (κ3) is 9.53. The number of Topliss-reactive ketones (excluding diaryl/α,β-unsaturated/α-hetero) is 2. The first-order valence-corrected chi connectivity index (χ1v) is 14.9. The van der Waals surface area contributed by atoms with Crippen molar-refractivity contribution in [2.45, 2.75) is 65.7 Å². The van der Waals surface area contributed by atoms with Crippen molar-refractivity contribution in [1.29, 1.82) is 0 Å².